The number of ether oxygens (including phenoxy) is 1. The highest BCUT2D eigenvalue weighted by molar-refractivity contribution is 5.70. The maximum absolute atomic E-state index is 5.47. The quantitative estimate of drug-likeness (QED) is 0.929. The molecule has 4 heteroatoms. The summed E-state index contributed by atoms with van der Waals surface area (Å²) in [5, 5.41) is 7.75. The molecule has 2 heterocycles. The van der Waals surface area contributed by atoms with Crippen molar-refractivity contribution in [1.29, 1.82) is 0 Å². The molecule has 0 atom stereocenters. The topological polar surface area (TPSA) is 41.2 Å². The maximum Gasteiger partial charge on any atom is 0.128 e. The Hall–Kier alpha value is -1.81. The Bertz CT molecular complexity index is 591. The molecule has 0 fully saturated rings. The molecule has 0 aliphatic carbocycles. The number of nitrogens with one attached hydrogen (secondary N) is 1. The summed E-state index contributed by atoms with van der Waals surface area (Å²) in [6.45, 7) is 5.48. The average Bonchev–Trinajstić information content (AvgIpc) is 2.90. The Balaban J connectivity index is 1.98. The zero-order valence-electron chi connectivity index (χ0n) is 12.1. The van der Waals surface area contributed by atoms with E-state index in [4.69, 9.17) is 4.74 Å². The second-order valence-corrected chi connectivity index (χ2v) is 5.26. The lowest BCUT2D eigenvalue weighted by Crippen LogP contribution is -2.31. The molecule has 0 bridgehead atoms. The molecule has 1 aromatic carbocycles. The number of fused-ring (bicyclic) bond motifs is 1. The van der Waals surface area contributed by atoms with Crippen molar-refractivity contribution in [3.05, 3.63) is 35.5 Å². The van der Waals surface area contributed by atoms with Gasteiger partial charge in [0.05, 0.1) is 7.11 Å². The molecule has 20 heavy (non-hydrogen) atoms. The molecule has 1 aromatic heterocycles. The van der Waals surface area contributed by atoms with Gasteiger partial charge in [-0.2, -0.15) is 5.10 Å². The van der Waals surface area contributed by atoms with Crippen molar-refractivity contribution >= 4 is 0 Å². The summed E-state index contributed by atoms with van der Waals surface area (Å²) in [6, 6.07) is 8.09. The zero-order chi connectivity index (χ0) is 13.9. The minimum absolute atomic E-state index is 0.884. The first kappa shape index (κ1) is 13.2. The summed E-state index contributed by atoms with van der Waals surface area (Å²) in [5.74, 6) is 0.884. The SMILES string of the molecule is CCCN1CCc2[nH]nc(-c3ccccc3OC)c2C1. The number of rotatable bonds is 4. The van der Waals surface area contributed by atoms with Crippen molar-refractivity contribution in [3.63, 3.8) is 0 Å². The van der Waals surface area contributed by atoms with Crippen LogP contribution in [-0.4, -0.2) is 35.3 Å². The molecule has 0 unspecified atom stereocenters. The zero-order valence-corrected chi connectivity index (χ0v) is 12.1. The molecule has 4 nitrogen and oxygen atoms in total. The normalized spacial score (nSPS) is 15.1. The average molecular weight is 271 g/mol. The first-order valence-electron chi connectivity index (χ1n) is 7.25. The predicted molar refractivity (Wildman–Crippen MR) is 79.8 cm³/mol. The van der Waals surface area contributed by atoms with Crippen molar-refractivity contribution < 1.29 is 4.74 Å². The van der Waals surface area contributed by atoms with Crippen LogP contribution in [-0.2, 0) is 13.0 Å². The van der Waals surface area contributed by atoms with Crippen LogP contribution in [0.15, 0.2) is 24.3 Å². The van der Waals surface area contributed by atoms with Crippen molar-refractivity contribution in [3.8, 4) is 17.0 Å². The number of nitrogens with zero attached hydrogens (tertiary/aromatic N) is 2. The van der Waals surface area contributed by atoms with E-state index < -0.39 is 0 Å². The molecule has 1 aliphatic rings. The standard InChI is InChI=1S/C16H21N3O/c1-3-9-19-10-8-14-13(11-19)16(18-17-14)12-6-4-5-7-15(12)20-2/h4-7H,3,8-11H2,1-2H3,(H,17,18). The Kier molecular flexibility index (Phi) is 3.74. The number of methoxy groups -OCH3 is 1. The van der Waals surface area contributed by atoms with E-state index in [2.05, 4.69) is 28.1 Å². The maximum atomic E-state index is 5.47. The summed E-state index contributed by atoms with van der Waals surface area (Å²) >= 11 is 0. The number of benzene rings is 1. The van der Waals surface area contributed by atoms with E-state index in [1.807, 2.05) is 18.2 Å². The van der Waals surface area contributed by atoms with E-state index in [1.54, 1.807) is 7.11 Å². The Morgan fingerprint density at radius 1 is 1.35 bits per heavy atom. The number of hydrogen-bond donors (Lipinski definition) is 1. The molecule has 1 aliphatic heterocycles. The van der Waals surface area contributed by atoms with Crippen LogP contribution in [0.2, 0.25) is 0 Å². The van der Waals surface area contributed by atoms with Gasteiger partial charge in [-0.15, -0.1) is 0 Å². The summed E-state index contributed by atoms with van der Waals surface area (Å²) < 4.78 is 5.47. The van der Waals surface area contributed by atoms with Crippen molar-refractivity contribution in [2.24, 2.45) is 0 Å². The van der Waals surface area contributed by atoms with Gasteiger partial charge < -0.3 is 4.74 Å². The molecular formula is C16H21N3O. The van der Waals surface area contributed by atoms with Crippen molar-refractivity contribution in [2.45, 2.75) is 26.3 Å². The molecular weight excluding hydrogens is 250 g/mol. The molecule has 3 rings (SSSR count). The minimum Gasteiger partial charge on any atom is -0.496 e. The summed E-state index contributed by atoms with van der Waals surface area (Å²) in [7, 11) is 1.71. The second-order valence-electron chi connectivity index (χ2n) is 5.26. The highest BCUT2D eigenvalue weighted by Gasteiger charge is 2.23. The van der Waals surface area contributed by atoms with Crippen molar-refractivity contribution in [1.82, 2.24) is 15.1 Å². The van der Waals surface area contributed by atoms with Gasteiger partial charge in [0.15, 0.2) is 0 Å². The number of H-pyrrole nitrogens is 1. The van der Waals surface area contributed by atoms with Crippen LogP contribution < -0.4 is 4.74 Å². The molecule has 0 saturated carbocycles. The summed E-state index contributed by atoms with van der Waals surface area (Å²) in [5.41, 5.74) is 4.72. The van der Waals surface area contributed by atoms with Crippen LogP contribution >= 0.6 is 0 Å². The fraction of sp³-hybridized carbons (Fsp3) is 0.438. The lowest BCUT2D eigenvalue weighted by molar-refractivity contribution is 0.254. The molecule has 2 aromatic rings. The smallest absolute Gasteiger partial charge is 0.128 e. The van der Waals surface area contributed by atoms with Crippen LogP contribution in [0.3, 0.4) is 0 Å². The predicted octanol–water partition coefficient (Wildman–Crippen LogP) is 2.85. The largest absolute Gasteiger partial charge is 0.496 e. The lowest BCUT2D eigenvalue weighted by atomic mass is 10.0. The van der Waals surface area contributed by atoms with E-state index in [-0.39, 0.29) is 0 Å². The number of para-hydroxylation sites is 1. The fourth-order valence-electron chi connectivity index (χ4n) is 2.92. The third kappa shape index (κ3) is 2.31. The summed E-state index contributed by atoms with van der Waals surface area (Å²) in [4.78, 5) is 2.50. The highest BCUT2D eigenvalue weighted by atomic mass is 16.5. The van der Waals surface area contributed by atoms with Crippen LogP contribution in [0.4, 0.5) is 0 Å². The number of hydrogen-bond acceptors (Lipinski definition) is 3. The monoisotopic (exact) mass is 271 g/mol. The number of aromatic amines is 1. The van der Waals surface area contributed by atoms with Gasteiger partial charge in [-0.05, 0) is 25.1 Å². The third-order valence-corrected chi connectivity index (χ3v) is 3.91. The Morgan fingerprint density at radius 3 is 3.00 bits per heavy atom. The van der Waals surface area contributed by atoms with Gasteiger partial charge in [-0.1, -0.05) is 19.1 Å². The second kappa shape index (κ2) is 5.67. The van der Waals surface area contributed by atoms with Crippen molar-refractivity contribution in [2.75, 3.05) is 20.2 Å². The number of aromatic nitrogens is 2. The van der Waals surface area contributed by atoms with E-state index >= 15 is 0 Å². The van der Waals surface area contributed by atoms with Crippen LogP contribution in [0.1, 0.15) is 24.6 Å². The highest BCUT2D eigenvalue weighted by Crippen LogP contribution is 2.33. The van der Waals surface area contributed by atoms with E-state index in [1.165, 1.54) is 17.7 Å². The van der Waals surface area contributed by atoms with E-state index in [0.717, 1.165) is 43.1 Å². The molecule has 0 spiro atoms. The first-order chi connectivity index (χ1) is 9.83. The van der Waals surface area contributed by atoms with Gasteiger partial charge >= 0.3 is 0 Å². The molecule has 106 valence electrons. The van der Waals surface area contributed by atoms with E-state index in [0.29, 0.717) is 0 Å². The first-order valence-corrected chi connectivity index (χ1v) is 7.25. The summed E-state index contributed by atoms with van der Waals surface area (Å²) in [6.07, 6.45) is 2.24. The molecule has 0 radical (unpaired) electrons. The van der Waals surface area contributed by atoms with Gasteiger partial charge in [-0.3, -0.25) is 10.00 Å². The van der Waals surface area contributed by atoms with Gasteiger partial charge in [0.25, 0.3) is 0 Å². The van der Waals surface area contributed by atoms with Gasteiger partial charge in [0.1, 0.15) is 11.4 Å². The molecule has 1 N–H and O–H groups in total. The minimum atomic E-state index is 0.884. The lowest BCUT2D eigenvalue weighted by Gasteiger charge is -2.26. The van der Waals surface area contributed by atoms with E-state index in [9.17, 15) is 0 Å². The van der Waals surface area contributed by atoms with Gasteiger partial charge in [0, 0.05) is 36.3 Å². The van der Waals surface area contributed by atoms with Crippen LogP contribution in [0.25, 0.3) is 11.3 Å². The Morgan fingerprint density at radius 2 is 2.20 bits per heavy atom. The van der Waals surface area contributed by atoms with Crippen LogP contribution in [0.5, 0.6) is 5.75 Å². The third-order valence-electron chi connectivity index (χ3n) is 3.91. The van der Waals surface area contributed by atoms with Crippen LogP contribution in [0, 0.1) is 0 Å². The fourth-order valence-corrected chi connectivity index (χ4v) is 2.92. The van der Waals surface area contributed by atoms with Gasteiger partial charge in [0.2, 0.25) is 0 Å². The molecule has 0 amide bonds. The molecule has 0 saturated heterocycles. The van der Waals surface area contributed by atoms with Gasteiger partial charge in [-0.25, -0.2) is 0 Å². The Labute approximate surface area is 119 Å².